The molecule has 23 heavy (non-hydrogen) atoms. The van der Waals surface area contributed by atoms with E-state index in [-0.39, 0.29) is 11.7 Å². The Balaban J connectivity index is 2.02. The predicted octanol–water partition coefficient (Wildman–Crippen LogP) is 2.76. The van der Waals surface area contributed by atoms with Crippen LogP contribution in [-0.4, -0.2) is 11.9 Å². The maximum atomic E-state index is 13.6. The first kappa shape index (κ1) is 17.0. The maximum absolute atomic E-state index is 13.6. The van der Waals surface area contributed by atoms with Crippen LogP contribution < -0.4 is 10.6 Å². The van der Waals surface area contributed by atoms with E-state index in [1.165, 1.54) is 0 Å². The summed E-state index contributed by atoms with van der Waals surface area (Å²) in [7, 11) is 0. The highest BCUT2D eigenvalue weighted by Crippen LogP contribution is 2.19. The second kappa shape index (κ2) is 7.28. The fourth-order valence-corrected chi connectivity index (χ4v) is 2.26. The zero-order valence-corrected chi connectivity index (χ0v) is 12.8. The topological polar surface area (TPSA) is 45.7 Å². The highest BCUT2D eigenvalue weighted by atomic mass is 19.2. The predicted molar refractivity (Wildman–Crippen MR) is 81.2 cm³/mol. The summed E-state index contributed by atoms with van der Waals surface area (Å²) >= 11 is 0. The molecule has 3 N–H and O–H groups in total. The van der Waals surface area contributed by atoms with Gasteiger partial charge < -0.3 is 10.6 Å². The molecule has 0 radical (unpaired) electrons. The number of anilines is 1. The van der Waals surface area contributed by atoms with Crippen LogP contribution in [0.5, 0.6) is 0 Å². The summed E-state index contributed by atoms with van der Waals surface area (Å²) in [6.07, 6.45) is 0. The third-order valence-electron chi connectivity index (χ3n) is 3.61. The van der Waals surface area contributed by atoms with E-state index >= 15 is 0 Å². The van der Waals surface area contributed by atoms with Crippen LogP contribution in [0.25, 0.3) is 0 Å². The zero-order valence-electron chi connectivity index (χ0n) is 12.8. The Morgan fingerprint density at radius 3 is 2.30 bits per heavy atom. The molecule has 0 unspecified atom stereocenters. The lowest BCUT2D eigenvalue weighted by Gasteiger charge is -2.17. The molecule has 1 amide bonds. The van der Waals surface area contributed by atoms with Gasteiger partial charge in [0, 0.05) is 5.56 Å². The van der Waals surface area contributed by atoms with Crippen molar-refractivity contribution >= 4 is 11.6 Å². The van der Waals surface area contributed by atoms with Crippen LogP contribution in [0.3, 0.4) is 0 Å². The van der Waals surface area contributed by atoms with Crippen molar-refractivity contribution in [1.82, 2.24) is 0 Å². The van der Waals surface area contributed by atoms with Crippen molar-refractivity contribution in [2.75, 3.05) is 5.32 Å². The fraction of sp³-hybridized carbons (Fsp3) is 0.235. The van der Waals surface area contributed by atoms with Gasteiger partial charge in [-0.2, -0.15) is 0 Å². The first-order chi connectivity index (χ1) is 10.9. The quantitative estimate of drug-likeness (QED) is 0.817. The van der Waals surface area contributed by atoms with Crippen LogP contribution in [0.2, 0.25) is 0 Å². The Labute approximate surface area is 132 Å². The molecule has 6 heteroatoms. The molecule has 2 rings (SSSR count). The second-order valence-corrected chi connectivity index (χ2v) is 5.39. The molecule has 0 aliphatic carbocycles. The maximum Gasteiger partial charge on any atom is 0.282 e. The summed E-state index contributed by atoms with van der Waals surface area (Å²) in [6, 6.07) is 10.9. The van der Waals surface area contributed by atoms with E-state index in [0.29, 0.717) is 0 Å². The van der Waals surface area contributed by atoms with Gasteiger partial charge in [-0.1, -0.05) is 30.3 Å². The van der Waals surface area contributed by atoms with Crippen LogP contribution in [-0.2, 0) is 4.79 Å². The molecule has 0 aromatic heterocycles. The molecule has 0 aliphatic heterocycles. The van der Waals surface area contributed by atoms with Gasteiger partial charge in [0.1, 0.15) is 6.04 Å². The zero-order chi connectivity index (χ0) is 17.0. The van der Waals surface area contributed by atoms with Gasteiger partial charge in [0.2, 0.25) is 0 Å². The van der Waals surface area contributed by atoms with Gasteiger partial charge in [0.15, 0.2) is 23.5 Å². The van der Waals surface area contributed by atoms with E-state index < -0.39 is 29.4 Å². The Bertz CT molecular complexity index is 692. The summed E-state index contributed by atoms with van der Waals surface area (Å²) in [5.41, 5.74) is 0.674. The molecule has 0 aliphatic rings. The highest BCUT2D eigenvalue weighted by Gasteiger charge is 2.22. The summed E-state index contributed by atoms with van der Waals surface area (Å²) in [5.74, 6) is -4.78. The lowest BCUT2D eigenvalue weighted by molar-refractivity contribution is -0.709. The third-order valence-corrected chi connectivity index (χ3v) is 3.61. The molecule has 2 aromatic carbocycles. The van der Waals surface area contributed by atoms with Gasteiger partial charge in [-0.15, -0.1) is 0 Å². The molecule has 0 saturated heterocycles. The Morgan fingerprint density at radius 1 is 1.00 bits per heavy atom. The Morgan fingerprint density at radius 2 is 1.65 bits per heavy atom. The minimum atomic E-state index is -1.60. The lowest BCUT2D eigenvalue weighted by Crippen LogP contribution is -2.91. The highest BCUT2D eigenvalue weighted by molar-refractivity contribution is 5.93. The van der Waals surface area contributed by atoms with Crippen molar-refractivity contribution < 1.29 is 23.3 Å². The van der Waals surface area contributed by atoms with Crippen LogP contribution in [0.4, 0.5) is 18.9 Å². The van der Waals surface area contributed by atoms with Crippen molar-refractivity contribution in [1.29, 1.82) is 0 Å². The third kappa shape index (κ3) is 4.10. The molecule has 0 saturated carbocycles. The molecule has 122 valence electrons. The standard InChI is InChI=1S/C17H17F3N2O/c1-10(12-6-4-3-5-7-12)21-11(2)17(23)22-14-9-8-13(18)15(19)16(14)20/h3-11,21H,1-2H3,(H,22,23)/p+1/t10-,11-/m0/s1. The van der Waals surface area contributed by atoms with Crippen LogP contribution in [0, 0.1) is 17.5 Å². The first-order valence-corrected chi connectivity index (χ1v) is 7.24. The normalized spacial score (nSPS) is 13.4. The van der Waals surface area contributed by atoms with E-state index in [1.807, 2.05) is 42.6 Å². The van der Waals surface area contributed by atoms with Crippen molar-refractivity contribution in [3.05, 3.63) is 65.5 Å². The second-order valence-electron chi connectivity index (χ2n) is 5.39. The van der Waals surface area contributed by atoms with Gasteiger partial charge >= 0.3 is 0 Å². The number of carbonyl (C=O) groups excluding carboxylic acids is 1. The van der Waals surface area contributed by atoms with Gasteiger partial charge in [-0.25, -0.2) is 13.2 Å². The monoisotopic (exact) mass is 323 g/mol. The van der Waals surface area contributed by atoms with Gasteiger partial charge in [-0.3, -0.25) is 4.79 Å². The smallest absolute Gasteiger partial charge is 0.282 e. The summed E-state index contributed by atoms with van der Waals surface area (Å²) in [4.78, 5) is 12.1. The number of hydrogen-bond donors (Lipinski definition) is 2. The number of halogens is 3. The molecule has 0 bridgehead atoms. The largest absolute Gasteiger partial charge is 0.330 e. The van der Waals surface area contributed by atoms with Gasteiger partial charge in [0.25, 0.3) is 5.91 Å². The number of carbonyl (C=O) groups is 1. The van der Waals surface area contributed by atoms with Gasteiger partial charge in [-0.05, 0) is 26.0 Å². The number of hydrogen-bond acceptors (Lipinski definition) is 1. The minimum absolute atomic E-state index is 0.0201. The number of amides is 1. The van der Waals surface area contributed by atoms with Crippen LogP contribution >= 0.6 is 0 Å². The average molecular weight is 323 g/mol. The van der Waals surface area contributed by atoms with E-state index in [4.69, 9.17) is 0 Å². The molecule has 3 nitrogen and oxygen atoms in total. The molecule has 2 atom stereocenters. The SMILES string of the molecule is C[C@H]([NH2+][C@@H](C)c1ccccc1)C(=O)Nc1ccc(F)c(F)c1F. The van der Waals surface area contributed by atoms with Gasteiger partial charge in [0.05, 0.1) is 5.69 Å². The van der Waals surface area contributed by atoms with Crippen LogP contribution in [0.15, 0.2) is 42.5 Å². The lowest BCUT2D eigenvalue weighted by atomic mass is 10.1. The summed E-state index contributed by atoms with van der Waals surface area (Å²) in [5, 5.41) is 4.09. The molecular weight excluding hydrogens is 305 g/mol. The Hall–Kier alpha value is -2.34. The number of nitrogens with two attached hydrogens (primary N) is 1. The number of nitrogens with one attached hydrogen (secondary N) is 1. The molecule has 0 heterocycles. The fourth-order valence-electron chi connectivity index (χ4n) is 2.26. The number of rotatable bonds is 5. The van der Waals surface area contributed by atoms with Crippen molar-refractivity contribution in [2.24, 2.45) is 0 Å². The van der Waals surface area contributed by atoms with E-state index in [9.17, 15) is 18.0 Å². The molecule has 2 aromatic rings. The number of quaternary nitrogens is 1. The molecule has 0 fully saturated rings. The van der Waals surface area contributed by atoms with Crippen molar-refractivity contribution in [3.63, 3.8) is 0 Å². The first-order valence-electron chi connectivity index (χ1n) is 7.24. The van der Waals surface area contributed by atoms with Crippen molar-refractivity contribution in [3.8, 4) is 0 Å². The summed E-state index contributed by atoms with van der Waals surface area (Å²) < 4.78 is 39.6. The average Bonchev–Trinajstić information content (AvgIpc) is 2.56. The number of benzene rings is 2. The molecule has 0 spiro atoms. The van der Waals surface area contributed by atoms with Crippen molar-refractivity contribution in [2.45, 2.75) is 25.9 Å². The van der Waals surface area contributed by atoms with E-state index in [0.717, 1.165) is 17.7 Å². The molecular formula is C17H18F3N2O+. The van der Waals surface area contributed by atoms with E-state index in [1.54, 1.807) is 6.92 Å². The Kier molecular flexibility index (Phi) is 5.39. The van der Waals surface area contributed by atoms with Crippen LogP contribution in [0.1, 0.15) is 25.5 Å². The minimum Gasteiger partial charge on any atom is -0.330 e. The summed E-state index contributed by atoms with van der Waals surface area (Å²) in [6.45, 7) is 3.60. The van der Waals surface area contributed by atoms with E-state index in [2.05, 4.69) is 5.32 Å².